The lowest BCUT2D eigenvalue weighted by Crippen LogP contribution is -2.30. The summed E-state index contributed by atoms with van der Waals surface area (Å²) in [6, 6.07) is 0.165. The number of nitrogens with zero attached hydrogens (tertiary/aromatic N) is 3. The van der Waals surface area contributed by atoms with E-state index in [0.717, 1.165) is 5.69 Å². The highest BCUT2D eigenvalue weighted by molar-refractivity contribution is 5.75. The van der Waals surface area contributed by atoms with Crippen molar-refractivity contribution in [3.63, 3.8) is 0 Å². The second-order valence-corrected chi connectivity index (χ2v) is 4.27. The predicted octanol–water partition coefficient (Wildman–Crippen LogP) is 0.118. The molecule has 0 radical (unpaired) electrons. The van der Waals surface area contributed by atoms with Gasteiger partial charge in [0.2, 0.25) is 5.91 Å². The Kier molecular flexibility index (Phi) is 5.62. The maximum absolute atomic E-state index is 11.4. The number of rotatable bonds is 7. The van der Waals surface area contributed by atoms with Crippen LogP contribution in [0.3, 0.4) is 0 Å². The van der Waals surface area contributed by atoms with E-state index < -0.39 is 0 Å². The second-order valence-electron chi connectivity index (χ2n) is 4.27. The van der Waals surface area contributed by atoms with Gasteiger partial charge in [-0.1, -0.05) is 5.21 Å². The smallest absolute Gasteiger partial charge is 0.222 e. The highest BCUT2D eigenvalue weighted by Gasteiger charge is 2.05. The second kappa shape index (κ2) is 7.01. The zero-order valence-corrected chi connectivity index (χ0v) is 10.4. The van der Waals surface area contributed by atoms with Gasteiger partial charge in [-0.15, -0.1) is 5.10 Å². The van der Waals surface area contributed by atoms with Crippen LogP contribution in [0.1, 0.15) is 32.4 Å². The number of aromatic nitrogens is 3. The van der Waals surface area contributed by atoms with Crippen molar-refractivity contribution >= 4 is 5.91 Å². The van der Waals surface area contributed by atoms with E-state index in [2.05, 4.69) is 15.6 Å². The first kappa shape index (κ1) is 13.6. The van der Waals surface area contributed by atoms with E-state index in [1.807, 2.05) is 20.0 Å². The van der Waals surface area contributed by atoms with E-state index in [0.29, 0.717) is 25.8 Å². The highest BCUT2D eigenvalue weighted by atomic mass is 16.2. The Morgan fingerprint density at radius 1 is 1.59 bits per heavy atom. The molecule has 0 bridgehead atoms. The van der Waals surface area contributed by atoms with Crippen LogP contribution in [-0.4, -0.2) is 38.7 Å². The molecular weight excluding hydrogens is 220 g/mol. The minimum absolute atomic E-state index is 0.0207. The van der Waals surface area contributed by atoms with Crippen molar-refractivity contribution in [3.05, 3.63) is 11.9 Å². The van der Waals surface area contributed by atoms with Gasteiger partial charge in [-0.2, -0.15) is 0 Å². The highest BCUT2D eigenvalue weighted by Crippen LogP contribution is 1.98. The normalized spacial score (nSPS) is 10.8. The third-order valence-electron chi connectivity index (χ3n) is 2.19. The average molecular weight is 240 g/mol. The van der Waals surface area contributed by atoms with Gasteiger partial charge in [0.25, 0.3) is 0 Å². The predicted molar refractivity (Wildman–Crippen MR) is 63.3 cm³/mol. The number of amides is 1. The van der Waals surface area contributed by atoms with Crippen molar-refractivity contribution in [1.29, 1.82) is 0 Å². The van der Waals surface area contributed by atoms with Gasteiger partial charge in [-0.3, -0.25) is 9.48 Å². The molecular formula is C11H20N4O2. The van der Waals surface area contributed by atoms with Crippen molar-refractivity contribution < 1.29 is 9.90 Å². The Labute approximate surface area is 101 Å². The number of hydrogen-bond acceptors (Lipinski definition) is 4. The zero-order chi connectivity index (χ0) is 12.7. The Hall–Kier alpha value is -1.43. The molecule has 6 nitrogen and oxygen atoms in total. The number of carbonyl (C=O) groups is 1. The molecule has 6 heteroatoms. The van der Waals surface area contributed by atoms with Crippen LogP contribution < -0.4 is 5.32 Å². The van der Waals surface area contributed by atoms with Gasteiger partial charge in [0.05, 0.1) is 12.2 Å². The van der Waals surface area contributed by atoms with Crippen LogP contribution in [0.2, 0.25) is 0 Å². The molecule has 1 aromatic heterocycles. The lowest BCUT2D eigenvalue weighted by Gasteiger charge is -2.07. The maximum Gasteiger partial charge on any atom is 0.222 e. The summed E-state index contributed by atoms with van der Waals surface area (Å²) < 4.78 is 1.66. The third-order valence-corrected chi connectivity index (χ3v) is 2.19. The molecule has 96 valence electrons. The molecule has 0 aliphatic carbocycles. The van der Waals surface area contributed by atoms with E-state index in [-0.39, 0.29) is 18.6 Å². The van der Waals surface area contributed by atoms with E-state index in [9.17, 15) is 4.79 Å². The van der Waals surface area contributed by atoms with Crippen LogP contribution in [0.15, 0.2) is 6.20 Å². The van der Waals surface area contributed by atoms with Crippen LogP contribution in [-0.2, 0) is 17.8 Å². The van der Waals surface area contributed by atoms with E-state index in [1.165, 1.54) is 0 Å². The Balaban J connectivity index is 2.31. The van der Waals surface area contributed by atoms with Crippen molar-refractivity contribution in [2.45, 2.75) is 45.7 Å². The molecule has 0 aromatic carbocycles. The summed E-state index contributed by atoms with van der Waals surface area (Å²) in [4.78, 5) is 11.4. The van der Waals surface area contributed by atoms with Crippen LogP contribution in [0.5, 0.6) is 0 Å². The Morgan fingerprint density at radius 2 is 2.35 bits per heavy atom. The first-order valence-corrected chi connectivity index (χ1v) is 5.91. The molecule has 2 N–H and O–H groups in total. The molecule has 0 aliphatic rings. The van der Waals surface area contributed by atoms with Gasteiger partial charge < -0.3 is 10.4 Å². The minimum Gasteiger partial charge on any atom is -0.396 e. The van der Waals surface area contributed by atoms with Gasteiger partial charge in [0, 0.05) is 25.3 Å². The minimum atomic E-state index is 0.0207. The topological polar surface area (TPSA) is 80.0 Å². The molecule has 0 saturated carbocycles. The number of hydrogen-bond donors (Lipinski definition) is 2. The molecule has 1 amide bonds. The van der Waals surface area contributed by atoms with Crippen LogP contribution in [0.25, 0.3) is 0 Å². The number of carbonyl (C=O) groups excluding carboxylic acids is 1. The summed E-state index contributed by atoms with van der Waals surface area (Å²) >= 11 is 0. The molecule has 0 atom stereocenters. The fraction of sp³-hybridized carbons (Fsp3) is 0.727. The first-order chi connectivity index (χ1) is 8.11. The Morgan fingerprint density at radius 3 is 3.00 bits per heavy atom. The molecule has 0 spiro atoms. The lowest BCUT2D eigenvalue weighted by molar-refractivity contribution is -0.121. The summed E-state index contributed by atoms with van der Waals surface area (Å²) in [5, 5.41) is 19.4. The Bertz CT molecular complexity index is 349. The van der Waals surface area contributed by atoms with Gasteiger partial charge in [-0.25, -0.2) is 0 Å². The summed E-state index contributed by atoms with van der Waals surface area (Å²) in [6.45, 7) is 4.55. The average Bonchev–Trinajstić information content (AvgIpc) is 2.70. The lowest BCUT2D eigenvalue weighted by atomic mass is 10.2. The summed E-state index contributed by atoms with van der Waals surface area (Å²) in [5.41, 5.74) is 0.850. The molecule has 0 fully saturated rings. The molecule has 1 heterocycles. The van der Waals surface area contributed by atoms with Gasteiger partial charge >= 0.3 is 0 Å². The van der Waals surface area contributed by atoms with Crippen LogP contribution in [0.4, 0.5) is 0 Å². The van der Waals surface area contributed by atoms with Crippen molar-refractivity contribution in [1.82, 2.24) is 20.3 Å². The van der Waals surface area contributed by atoms with Crippen molar-refractivity contribution in [2.75, 3.05) is 6.61 Å². The van der Waals surface area contributed by atoms with Gasteiger partial charge in [0.1, 0.15) is 0 Å². The van der Waals surface area contributed by atoms with E-state index >= 15 is 0 Å². The van der Waals surface area contributed by atoms with Crippen LogP contribution >= 0.6 is 0 Å². The number of aryl methyl sites for hydroxylation is 2. The SMILES string of the molecule is CC(C)NC(=O)CCn1cc(CCCO)nn1. The summed E-state index contributed by atoms with van der Waals surface area (Å²) in [5.74, 6) is 0.0207. The maximum atomic E-state index is 11.4. The number of nitrogens with one attached hydrogen (secondary N) is 1. The van der Waals surface area contributed by atoms with Crippen LogP contribution in [0, 0.1) is 0 Å². The molecule has 17 heavy (non-hydrogen) atoms. The fourth-order valence-electron chi connectivity index (χ4n) is 1.43. The molecule has 0 saturated heterocycles. The van der Waals surface area contributed by atoms with Gasteiger partial charge in [-0.05, 0) is 26.7 Å². The third kappa shape index (κ3) is 5.44. The summed E-state index contributed by atoms with van der Waals surface area (Å²) in [7, 11) is 0. The van der Waals surface area contributed by atoms with E-state index in [1.54, 1.807) is 4.68 Å². The molecule has 0 unspecified atom stereocenters. The number of aliphatic hydroxyl groups excluding tert-OH is 1. The van der Waals surface area contributed by atoms with Gasteiger partial charge in [0.15, 0.2) is 0 Å². The quantitative estimate of drug-likeness (QED) is 0.709. The molecule has 1 rings (SSSR count). The fourth-order valence-corrected chi connectivity index (χ4v) is 1.43. The summed E-state index contributed by atoms with van der Waals surface area (Å²) in [6.07, 6.45) is 3.63. The van der Waals surface area contributed by atoms with Crippen molar-refractivity contribution in [3.8, 4) is 0 Å². The first-order valence-electron chi connectivity index (χ1n) is 5.91. The standard InChI is InChI=1S/C11H20N4O2/c1-9(2)12-11(17)5-6-15-8-10(13-14-15)4-3-7-16/h8-9,16H,3-7H2,1-2H3,(H,12,17). The largest absolute Gasteiger partial charge is 0.396 e. The van der Waals surface area contributed by atoms with E-state index in [4.69, 9.17) is 5.11 Å². The molecule has 0 aliphatic heterocycles. The monoisotopic (exact) mass is 240 g/mol. The number of aliphatic hydroxyl groups is 1. The zero-order valence-electron chi connectivity index (χ0n) is 10.4. The van der Waals surface area contributed by atoms with Crippen molar-refractivity contribution in [2.24, 2.45) is 0 Å². The molecule has 1 aromatic rings.